The van der Waals surface area contributed by atoms with Gasteiger partial charge in [-0.05, 0) is 35.4 Å². The number of nitrogens with one attached hydrogen (secondary N) is 2. The predicted molar refractivity (Wildman–Crippen MR) is 116 cm³/mol. The highest BCUT2D eigenvalue weighted by Gasteiger charge is 2.28. The van der Waals surface area contributed by atoms with Gasteiger partial charge in [0.05, 0.1) is 0 Å². The molecule has 0 bridgehead atoms. The van der Waals surface area contributed by atoms with Gasteiger partial charge >= 0.3 is 0 Å². The molecule has 4 aromatic rings. The van der Waals surface area contributed by atoms with Crippen LogP contribution in [0.3, 0.4) is 0 Å². The summed E-state index contributed by atoms with van der Waals surface area (Å²) in [6, 6.07) is 19.9. The quantitative estimate of drug-likeness (QED) is 0.471. The lowest BCUT2D eigenvalue weighted by Crippen LogP contribution is -2.25. The van der Waals surface area contributed by atoms with Gasteiger partial charge in [-0.1, -0.05) is 42.5 Å². The zero-order valence-electron chi connectivity index (χ0n) is 16.7. The van der Waals surface area contributed by atoms with Crippen molar-refractivity contribution in [1.29, 1.82) is 0 Å². The lowest BCUT2D eigenvalue weighted by atomic mass is 9.87. The van der Waals surface area contributed by atoms with Crippen LogP contribution in [0.1, 0.15) is 29.0 Å². The minimum absolute atomic E-state index is 0.101. The third-order valence-electron chi connectivity index (χ3n) is 5.59. The summed E-state index contributed by atoms with van der Waals surface area (Å²) in [5, 5.41) is 4.02. The van der Waals surface area contributed by atoms with Gasteiger partial charge in [0.15, 0.2) is 11.5 Å². The van der Waals surface area contributed by atoms with Gasteiger partial charge in [0, 0.05) is 41.5 Å². The second-order valence-electron chi connectivity index (χ2n) is 7.53. The van der Waals surface area contributed by atoms with Gasteiger partial charge in [-0.3, -0.25) is 4.79 Å². The van der Waals surface area contributed by atoms with E-state index in [0.717, 1.165) is 27.6 Å². The van der Waals surface area contributed by atoms with E-state index >= 15 is 0 Å². The number of aromatic amines is 1. The molecule has 0 radical (unpaired) electrons. The van der Waals surface area contributed by atoms with Crippen LogP contribution in [0.25, 0.3) is 10.9 Å². The first kappa shape index (κ1) is 19.2. The first-order valence-electron chi connectivity index (χ1n) is 10.1. The molecule has 0 saturated carbocycles. The van der Waals surface area contributed by atoms with Gasteiger partial charge in [-0.25, -0.2) is 4.39 Å². The number of para-hydroxylation sites is 2. The number of rotatable bonds is 6. The predicted octanol–water partition coefficient (Wildman–Crippen LogP) is 4.87. The fourth-order valence-electron chi connectivity index (χ4n) is 4.06. The Hall–Kier alpha value is -3.80. The third kappa shape index (κ3) is 3.84. The minimum atomic E-state index is -0.297. The zero-order chi connectivity index (χ0) is 21.2. The van der Waals surface area contributed by atoms with Gasteiger partial charge in [-0.15, -0.1) is 0 Å². The van der Waals surface area contributed by atoms with E-state index in [4.69, 9.17) is 9.47 Å². The highest BCUT2D eigenvalue weighted by atomic mass is 19.1. The van der Waals surface area contributed by atoms with Crippen LogP contribution < -0.4 is 14.8 Å². The van der Waals surface area contributed by atoms with Crippen molar-refractivity contribution in [1.82, 2.24) is 10.3 Å². The number of amides is 1. The van der Waals surface area contributed by atoms with Crippen LogP contribution in [0.4, 0.5) is 4.39 Å². The standard InChI is InChI=1S/C25H21FN2O3/c26-17-10-8-16(9-11-17)13-28-24(29)12-20(19-5-3-7-23-25(19)31-15-30-23)21-14-27-22-6-2-1-4-18(21)22/h1-11,14,20,27H,12-13,15H2,(H,28,29)/t20-/m0/s1. The summed E-state index contributed by atoms with van der Waals surface area (Å²) in [5.41, 5.74) is 3.79. The van der Waals surface area contributed by atoms with E-state index < -0.39 is 0 Å². The Morgan fingerprint density at radius 2 is 1.84 bits per heavy atom. The van der Waals surface area contributed by atoms with Crippen molar-refractivity contribution in [2.24, 2.45) is 0 Å². The molecule has 6 heteroatoms. The van der Waals surface area contributed by atoms with Gasteiger partial charge in [0.2, 0.25) is 12.7 Å². The highest BCUT2D eigenvalue weighted by molar-refractivity contribution is 5.86. The summed E-state index contributed by atoms with van der Waals surface area (Å²) in [4.78, 5) is 16.2. The number of halogens is 1. The zero-order valence-corrected chi connectivity index (χ0v) is 16.7. The van der Waals surface area contributed by atoms with E-state index in [-0.39, 0.29) is 30.9 Å². The number of hydrogen-bond acceptors (Lipinski definition) is 3. The molecule has 0 aliphatic carbocycles. The van der Waals surface area contributed by atoms with Crippen molar-refractivity contribution in [2.45, 2.75) is 18.9 Å². The molecule has 1 aliphatic rings. The maximum Gasteiger partial charge on any atom is 0.231 e. The molecule has 2 N–H and O–H groups in total. The Labute approximate surface area is 178 Å². The van der Waals surface area contributed by atoms with Crippen LogP contribution in [0.5, 0.6) is 11.5 Å². The minimum Gasteiger partial charge on any atom is -0.454 e. The molecule has 31 heavy (non-hydrogen) atoms. The number of benzene rings is 3. The van der Waals surface area contributed by atoms with Crippen molar-refractivity contribution in [3.8, 4) is 11.5 Å². The SMILES string of the molecule is O=C(C[C@@H](c1cccc2c1OCO2)c1c[nH]c2ccccc12)NCc1ccc(F)cc1. The van der Waals surface area contributed by atoms with E-state index in [1.165, 1.54) is 12.1 Å². The van der Waals surface area contributed by atoms with E-state index in [1.54, 1.807) is 12.1 Å². The second-order valence-corrected chi connectivity index (χ2v) is 7.53. The number of ether oxygens (including phenoxy) is 2. The third-order valence-corrected chi connectivity index (χ3v) is 5.59. The smallest absolute Gasteiger partial charge is 0.231 e. The molecule has 5 nitrogen and oxygen atoms in total. The molecular weight excluding hydrogens is 395 g/mol. The molecule has 0 fully saturated rings. The van der Waals surface area contributed by atoms with E-state index in [9.17, 15) is 9.18 Å². The molecule has 3 aromatic carbocycles. The number of fused-ring (bicyclic) bond motifs is 2. The molecule has 156 valence electrons. The normalized spacial score (nSPS) is 13.3. The van der Waals surface area contributed by atoms with Crippen molar-refractivity contribution in [2.75, 3.05) is 6.79 Å². The highest BCUT2D eigenvalue weighted by Crippen LogP contribution is 2.44. The lowest BCUT2D eigenvalue weighted by molar-refractivity contribution is -0.121. The van der Waals surface area contributed by atoms with Crippen molar-refractivity contribution >= 4 is 16.8 Å². The van der Waals surface area contributed by atoms with Crippen LogP contribution in [0, 0.1) is 5.82 Å². The average molecular weight is 416 g/mol. The monoisotopic (exact) mass is 416 g/mol. The maximum absolute atomic E-state index is 13.1. The molecule has 5 rings (SSSR count). The summed E-state index contributed by atoms with van der Waals surface area (Å²) in [6.07, 6.45) is 2.20. The molecule has 0 spiro atoms. The first-order valence-corrected chi connectivity index (χ1v) is 10.1. The summed E-state index contributed by atoms with van der Waals surface area (Å²) >= 11 is 0. The van der Waals surface area contributed by atoms with Gasteiger partial charge in [0.1, 0.15) is 5.82 Å². The van der Waals surface area contributed by atoms with Crippen molar-refractivity contribution in [3.63, 3.8) is 0 Å². The Morgan fingerprint density at radius 3 is 2.71 bits per heavy atom. The fraction of sp³-hybridized carbons (Fsp3) is 0.160. The van der Waals surface area contributed by atoms with E-state index in [2.05, 4.69) is 10.3 Å². The Morgan fingerprint density at radius 1 is 1.00 bits per heavy atom. The average Bonchev–Trinajstić information content (AvgIpc) is 3.44. The van der Waals surface area contributed by atoms with Gasteiger partial charge < -0.3 is 19.8 Å². The summed E-state index contributed by atoms with van der Waals surface area (Å²) in [7, 11) is 0. The van der Waals surface area contributed by atoms with Crippen LogP contribution in [0.15, 0.2) is 72.9 Å². The fourth-order valence-corrected chi connectivity index (χ4v) is 4.06. The van der Waals surface area contributed by atoms with Crippen LogP contribution >= 0.6 is 0 Å². The summed E-state index contributed by atoms with van der Waals surface area (Å²) in [6.45, 7) is 0.510. The van der Waals surface area contributed by atoms with Gasteiger partial charge in [0.25, 0.3) is 0 Å². The largest absolute Gasteiger partial charge is 0.454 e. The number of hydrogen-bond donors (Lipinski definition) is 2. The number of aromatic nitrogens is 1. The Balaban J connectivity index is 1.45. The number of H-pyrrole nitrogens is 1. The Kier molecular flexibility index (Phi) is 5.04. The molecule has 1 aromatic heterocycles. The summed E-state index contributed by atoms with van der Waals surface area (Å²) in [5.74, 6) is 0.755. The van der Waals surface area contributed by atoms with Crippen LogP contribution in [-0.2, 0) is 11.3 Å². The van der Waals surface area contributed by atoms with Gasteiger partial charge in [-0.2, -0.15) is 0 Å². The topological polar surface area (TPSA) is 63.4 Å². The van der Waals surface area contributed by atoms with E-state index in [0.29, 0.717) is 18.0 Å². The Bertz CT molecular complexity index is 1230. The lowest BCUT2D eigenvalue weighted by Gasteiger charge is -2.19. The van der Waals surface area contributed by atoms with Crippen LogP contribution in [-0.4, -0.2) is 17.7 Å². The molecule has 2 heterocycles. The molecule has 0 saturated heterocycles. The van der Waals surface area contributed by atoms with Crippen molar-refractivity contribution in [3.05, 3.63) is 95.4 Å². The molecule has 0 unspecified atom stereocenters. The molecular formula is C25H21FN2O3. The summed E-state index contributed by atoms with van der Waals surface area (Å²) < 4.78 is 24.4. The molecule has 1 atom stereocenters. The second kappa shape index (κ2) is 8.14. The molecule has 1 aliphatic heterocycles. The van der Waals surface area contributed by atoms with E-state index in [1.807, 2.05) is 48.7 Å². The van der Waals surface area contributed by atoms with Crippen molar-refractivity contribution < 1.29 is 18.7 Å². The van der Waals surface area contributed by atoms with Crippen LogP contribution in [0.2, 0.25) is 0 Å². The number of carbonyl (C=O) groups is 1. The maximum atomic E-state index is 13.1. The first-order chi connectivity index (χ1) is 15.2. The number of carbonyl (C=O) groups excluding carboxylic acids is 1. The molecule has 1 amide bonds.